The van der Waals surface area contributed by atoms with Gasteiger partial charge >= 0.3 is 7.82 Å². The van der Waals surface area contributed by atoms with E-state index in [4.69, 9.17) is 27.8 Å². The van der Waals surface area contributed by atoms with Gasteiger partial charge in [-0.15, -0.1) is 0 Å². The van der Waals surface area contributed by atoms with E-state index in [0.29, 0.717) is 6.42 Å². The molecule has 0 aromatic carbocycles. The number of aliphatic hydroxyl groups is 1. The molecule has 3 saturated heterocycles. The summed E-state index contributed by atoms with van der Waals surface area (Å²) in [6.45, 7) is 3.79. The molecule has 134 valence electrons. The zero-order valence-electron chi connectivity index (χ0n) is 13.7. The van der Waals surface area contributed by atoms with E-state index in [-0.39, 0.29) is 38.1 Å². The van der Waals surface area contributed by atoms with E-state index in [1.807, 2.05) is 13.8 Å². The summed E-state index contributed by atoms with van der Waals surface area (Å²) < 4.78 is 46.0. The predicted molar refractivity (Wildman–Crippen MR) is 79.1 cm³/mol. The van der Waals surface area contributed by atoms with Crippen LogP contribution in [0.1, 0.15) is 26.7 Å². The van der Waals surface area contributed by atoms with Crippen molar-refractivity contribution in [3.63, 3.8) is 0 Å². The van der Waals surface area contributed by atoms with Gasteiger partial charge in [-0.25, -0.2) is 4.57 Å². The van der Waals surface area contributed by atoms with Gasteiger partial charge in [0.15, 0.2) is 0 Å². The lowest BCUT2D eigenvalue weighted by molar-refractivity contribution is -0.160. The molecule has 0 radical (unpaired) electrons. The number of hydrogen-bond donors (Lipinski definition) is 1. The molecule has 1 N–H and O–H groups in total. The summed E-state index contributed by atoms with van der Waals surface area (Å²) in [6, 6.07) is 0. The van der Waals surface area contributed by atoms with Crippen molar-refractivity contribution in [3.05, 3.63) is 0 Å². The van der Waals surface area contributed by atoms with Crippen molar-refractivity contribution < 1.29 is 37.5 Å². The zero-order chi connectivity index (χ0) is 16.7. The summed E-state index contributed by atoms with van der Waals surface area (Å²) in [5.41, 5.74) is -0.749. The Morgan fingerprint density at radius 2 is 1.91 bits per heavy atom. The first-order valence-corrected chi connectivity index (χ1v) is 9.40. The molecule has 3 heterocycles. The van der Waals surface area contributed by atoms with Crippen molar-refractivity contribution in [2.24, 2.45) is 0 Å². The summed E-state index contributed by atoms with van der Waals surface area (Å²) in [5, 5.41) is 9.32. The van der Waals surface area contributed by atoms with Gasteiger partial charge in [0, 0.05) is 20.0 Å². The molecule has 1 spiro atoms. The van der Waals surface area contributed by atoms with Crippen LogP contribution in [0, 0.1) is 0 Å². The van der Waals surface area contributed by atoms with Gasteiger partial charge < -0.3 is 19.3 Å². The van der Waals surface area contributed by atoms with Gasteiger partial charge in [0.1, 0.15) is 17.8 Å². The Morgan fingerprint density at radius 3 is 2.52 bits per heavy atom. The van der Waals surface area contributed by atoms with E-state index in [1.165, 1.54) is 0 Å². The highest BCUT2D eigenvalue weighted by Crippen LogP contribution is 2.57. The van der Waals surface area contributed by atoms with E-state index < -0.39 is 25.6 Å². The van der Waals surface area contributed by atoms with Gasteiger partial charge in [0.2, 0.25) is 0 Å². The summed E-state index contributed by atoms with van der Waals surface area (Å²) in [4.78, 5) is 0. The first kappa shape index (κ1) is 17.8. The molecule has 5 atom stereocenters. The second kappa shape index (κ2) is 6.69. The Kier molecular flexibility index (Phi) is 5.17. The number of hydrogen-bond acceptors (Lipinski definition) is 8. The van der Waals surface area contributed by atoms with Crippen molar-refractivity contribution in [3.8, 4) is 0 Å². The van der Waals surface area contributed by atoms with E-state index in [1.54, 1.807) is 7.11 Å². The third-order valence-corrected chi connectivity index (χ3v) is 6.04. The second-order valence-corrected chi connectivity index (χ2v) is 8.12. The summed E-state index contributed by atoms with van der Waals surface area (Å²) in [7, 11) is -2.09. The summed E-state index contributed by atoms with van der Waals surface area (Å²) in [6.07, 6.45) is -0.00245. The summed E-state index contributed by atoms with van der Waals surface area (Å²) in [5.74, 6) is 0. The van der Waals surface area contributed by atoms with Crippen molar-refractivity contribution >= 4 is 7.82 Å². The van der Waals surface area contributed by atoms with Crippen LogP contribution in [-0.4, -0.2) is 68.2 Å². The molecule has 3 fully saturated rings. The number of methoxy groups -OCH3 is 1. The molecular weight excluding hydrogens is 327 g/mol. The fourth-order valence-corrected chi connectivity index (χ4v) is 4.98. The van der Waals surface area contributed by atoms with Crippen LogP contribution in [0.25, 0.3) is 0 Å². The lowest BCUT2D eigenvalue weighted by Gasteiger charge is -2.39. The largest absolute Gasteiger partial charge is 0.475 e. The standard InChI is InChI=1S/C14H25O8P/c1-9-4-11(12(6-15)20-9)22-23(16)18-7-14(8-19-23)13(17-3)5-10(2)21-14/h9-13,15H,4-8H2,1-3H3/t9-,10-,11-,12+,13-,14?,23?/m0/s1. The first-order valence-electron chi connectivity index (χ1n) is 7.94. The lowest BCUT2D eigenvalue weighted by Crippen LogP contribution is -2.51. The highest BCUT2D eigenvalue weighted by atomic mass is 31.2. The minimum absolute atomic E-state index is 0.0217. The maximum absolute atomic E-state index is 12.7. The monoisotopic (exact) mass is 352 g/mol. The van der Waals surface area contributed by atoms with Crippen LogP contribution in [0.15, 0.2) is 0 Å². The molecule has 8 nitrogen and oxygen atoms in total. The van der Waals surface area contributed by atoms with Crippen molar-refractivity contribution in [2.45, 2.75) is 62.8 Å². The lowest BCUT2D eigenvalue weighted by atomic mass is 9.98. The van der Waals surface area contributed by atoms with E-state index in [9.17, 15) is 9.67 Å². The third kappa shape index (κ3) is 3.50. The predicted octanol–water partition coefficient (Wildman–Crippen LogP) is 1.26. The van der Waals surface area contributed by atoms with Crippen molar-refractivity contribution in [1.82, 2.24) is 0 Å². The Morgan fingerprint density at radius 1 is 1.22 bits per heavy atom. The quantitative estimate of drug-likeness (QED) is 0.756. The average Bonchev–Trinajstić information content (AvgIpc) is 3.02. The van der Waals surface area contributed by atoms with E-state index in [0.717, 1.165) is 6.42 Å². The van der Waals surface area contributed by atoms with Crippen molar-refractivity contribution in [1.29, 1.82) is 0 Å². The Bertz CT molecular complexity index is 460. The molecule has 9 heteroatoms. The fraction of sp³-hybridized carbons (Fsp3) is 1.00. The van der Waals surface area contributed by atoms with Crippen LogP contribution in [0.2, 0.25) is 0 Å². The van der Waals surface area contributed by atoms with Gasteiger partial charge in [0.05, 0.1) is 38.1 Å². The molecule has 0 amide bonds. The number of rotatable bonds is 4. The van der Waals surface area contributed by atoms with Crippen LogP contribution >= 0.6 is 7.82 Å². The SMILES string of the molecule is CO[C@H]1C[C@H](C)OC12COP(=O)(O[C@H]1C[C@H](C)O[C@@H]1CO)OC2. The number of ether oxygens (including phenoxy) is 3. The van der Waals surface area contributed by atoms with E-state index >= 15 is 0 Å². The van der Waals surface area contributed by atoms with E-state index in [2.05, 4.69) is 0 Å². The third-order valence-electron chi connectivity index (χ3n) is 4.62. The van der Waals surface area contributed by atoms with Gasteiger partial charge in [-0.1, -0.05) is 0 Å². The molecule has 3 rings (SSSR count). The smallest absolute Gasteiger partial charge is 0.394 e. The van der Waals surface area contributed by atoms with Gasteiger partial charge in [-0.05, 0) is 13.8 Å². The normalized spacial score (nSPS) is 50.7. The van der Waals surface area contributed by atoms with Crippen LogP contribution in [-0.2, 0) is 32.3 Å². The molecule has 0 bridgehead atoms. The average molecular weight is 352 g/mol. The number of phosphoric acid groups is 1. The maximum Gasteiger partial charge on any atom is 0.475 e. The molecular formula is C14H25O8P. The van der Waals surface area contributed by atoms with Crippen LogP contribution in [0.4, 0.5) is 0 Å². The van der Waals surface area contributed by atoms with Gasteiger partial charge in [0.25, 0.3) is 0 Å². The van der Waals surface area contributed by atoms with Crippen LogP contribution in [0.5, 0.6) is 0 Å². The molecule has 0 saturated carbocycles. The highest BCUT2D eigenvalue weighted by molar-refractivity contribution is 7.48. The molecule has 23 heavy (non-hydrogen) atoms. The first-order chi connectivity index (χ1) is 10.9. The molecule has 0 aliphatic carbocycles. The summed E-state index contributed by atoms with van der Waals surface area (Å²) >= 11 is 0. The van der Waals surface area contributed by atoms with Crippen LogP contribution in [0.3, 0.4) is 0 Å². The minimum Gasteiger partial charge on any atom is -0.394 e. The minimum atomic E-state index is -3.70. The number of phosphoric ester groups is 1. The molecule has 0 aromatic heterocycles. The Labute approximate surface area is 135 Å². The topological polar surface area (TPSA) is 92.7 Å². The van der Waals surface area contributed by atoms with Crippen LogP contribution < -0.4 is 0 Å². The maximum atomic E-state index is 12.7. The van der Waals surface area contributed by atoms with Crippen molar-refractivity contribution in [2.75, 3.05) is 26.9 Å². The highest BCUT2D eigenvalue weighted by Gasteiger charge is 2.55. The zero-order valence-corrected chi connectivity index (χ0v) is 14.6. The Balaban J connectivity index is 1.62. The number of aliphatic hydroxyl groups excluding tert-OH is 1. The molecule has 3 aliphatic heterocycles. The molecule has 0 unspecified atom stereocenters. The molecule has 0 aromatic rings. The van der Waals surface area contributed by atoms with Gasteiger partial charge in [-0.2, -0.15) is 0 Å². The second-order valence-electron chi connectivity index (χ2n) is 6.49. The Hall–Kier alpha value is -0.0500. The fourth-order valence-electron chi connectivity index (χ4n) is 3.48. The molecule has 3 aliphatic rings. The van der Waals surface area contributed by atoms with Gasteiger partial charge in [-0.3, -0.25) is 13.6 Å².